The van der Waals surface area contributed by atoms with Crippen molar-refractivity contribution in [2.75, 3.05) is 0 Å². The summed E-state index contributed by atoms with van der Waals surface area (Å²) in [6.07, 6.45) is -2.84. The molecule has 0 bridgehead atoms. The molecule has 0 aromatic heterocycles. The van der Waals surface area contributed by atoms with Crippen LogP contribution in [0.4, 0.5) is 0 Å². The average Bonchev–Trinajstić information content (AvgIpc) is 2.62. The first-order chi connectivity index (χ1) is 5.39. The highest BCUT2D eigenvalue weighted by atomic mass is 16.5. The predicted molar refractivity (Wildman–Crippen MR) is 42.1 cm³/mol. The van der Waals surface area contributed by atoms with Gasteiger partial charge in [-0.25, -0.2) is 0 Å². The molecule has 0 aromatic rings. The van der Waals surface area contributed by atoms with E-state index in [1.807, 2.05) is 13.8 Å². The minimum atomic E-state index is -1.85. The molecular weight excluding hydrogens is 160 g/mol. The standard InChI is InChI=1S/C8H16O4/c1-4(2)5-3-8(5,12)6(9)7(10)11/h4-7,9-12H,3H2,1-2H3/t5?,6-,8+/m0/s1. The van der Waals surface area contributed by atoms with Crippen LogP contribution in [0, 0.1) is 11.8 Å². The number of hydrogen-bond acceptors (Lipinski definition) is 4. The highest BCUT2D eigenvalue weighted by Crippen LogP contribution is 2.50. The minimum absolute atomic E-state index is 0.0192. The van der Waals surface area contributed by atoms with E-state index in [1.165, 1.54) is 0 Å². The third-order valence-corrected chi connectivity index (χ3v) is 2.63. The molecule has 1 aliphatic carbocycles. The third kappa shape index (κ3) is 1.47. The van der Waals surface area contributed by atoms with Crippen LogP contribution in [0.2, 0.25) is 0 Å². The molecule has 0 aromatic carbocycles. The van der Waals surface area contributed by atoms with Crippen molar-refractivity contribution in [3.05, 3.63) is 0 Å². The summed E-state index contributed by atoms with van der Waals surface area (Å²) in [6.45, 7) is 3.86. The van der Waals surface area contributed by atoms with Gasteiger partial charge in [0.1, 0.15) is 6.10 Å². The normalized spacial score (nSPS) is 37.5. The summed E-state index contributed by atoms with van der Waals surface area (Å²) in [4.78, 5) is 0. The molecular formula is C8H16O4. The largest absolute Gasteiger partial charge is 0.387 e. The van der Waals surface area contributed by atoms with E-state index in [4.69, 9.17) is 10.2 Å². The molecule has 72 valence electrons. The Kier molecular flexibility index (Phi) is 2.45. The summed E-state index contributed by atoms with van der Waals surface area (Å²) in [6, 6.07) is 0. The van der Waals surface area contributed by atoms with Gasteiger partial charge in [0.25, 0.3) is 0 Å². The summed E-state index contributed by atoms with van der Waals surface area (Å²) >= 11 is 0. The molecule has 1 fully saturated rings. The second kappa shape index (κ2) is 2.96. The SMILES string of the molecule is CC(C)C1C[C@]1(O)[C@@H](O)C(O)O. The van der Waals surface area contributed by atoms with Gasteiger partial charge in [0.2, 0.25) is 0 Å². The minimum Gasteiger partial charge on any atom is -0.387 e. The van der Waals surface area contributed by atoms with Crippen molar-refractivity contribution in [2.45, 2.75) is 38.3 Å². The molecule has 0 aliphatic heterocycles. The highest BCUT2D eigenvalue weighted by Gasteiger charge is 2.60. The van der Waals surface area contributed by atoms with Gasteiger partial charge in [0.05, 0.1) is 5.60 Å². The van der Waals surface area contributed by atoms with Crippen molar-refractivity contribution in [3.8, 4) is 0 Å². The van der Waals surface area contributed by atoms with Crippen LogP contribution in [0.15, 0.2) is 0 Å². The van der Waals surface area contributed by atoms with E-state index in [0.717, 1.165) is 0 Å². The number of aliphatic hydroxyl groups excluding tert-OH is 2. The first-order valence-electron chi connectivity index (χ1n) is 4.16. The first-order valence-corrected chi connectivity index (χ1v) is 4.16. The monoisotopic (exact) mass is 176 g/mol. The Bertz CT molecular complexity index is 168. The van der Waals surface area contributed by atoms with Crippen molar-refractivity contribution < 1.29 is 20.4 Å². The summed E-state index contributed by atoms with van der Waals surface area (Å²) in [7, 11) is 0. The summed E-state index contributed by atoms with van der Waals surface area (Å²) < 4.78 is 0. The van der Waals surface area contributed by atoms with Crippen molar-refractivity contribution in [3.63, 3.8) is 0 Å². The van der Waals surface area contributed by atoms with Crippen LogP contribution in [0.1, 0.15) is 20.3 Å². The van der Waals surface area contributed by atoms with Crippen LogP contribution in [0.3, 0.4) is 0 Å². The Morgan fingerprint density at radius 3 is 2.00 bits per heavy atom. The molecule has 0 amide bonds. The topological polar surface area (TPSA) is 80.9 Å². The van der Waals surface area contributed by atoms with Crippen LogP contribution in [-0.2, 0) is 0 Å². The maximum absolute atomic E-state index is 9.63. The van der Waals surface area contributed by atoms with Crippen LogP contribution in [0.5, 0.6) is 0 Å². The van der Waals surface area contributed by atoms with Gasteiger partial charge in [-0.3, -0.25) is 0 Å². The predicted octanol–water partition coefficient (Wildman–Crippen LogP) is -0.935. The van der Waals surface area contributed by atoms with Gasteiger partial charge in [-0.2, -0.15) is 0 Å². The molecule has 0 heterocycles. The molecule has 4 heteroatoms. The van der Waals surface area contributed by atoms with Crippen molar-refractivity contribution in [1.29, 1.82) is 0 Å². The molecule has 4 N–H and O–H groups in total. The van der Waals surface area contributed by atoms with E-state index in [1.54, 1.807) is 0 Å². The van der Waals surface area contributed by atoms with Crippen molar-refractivity contribution in [1.82, 2.24) is 0 Å². The highest BCUT2D eigenvalue weighted by molar-refractivity contribution is 5.09. The van der Waals surface area contributed by atoms with Gasteiger partial charge >= 0.3 is 0 Å². The lowest BCUT2D eigenvalue weighted by atomic mass is 10.0. The molecule has 1 rings (SSSR count). The lowest BCUT2D eigenvalue weighted by Gasteiger charge is -2.20. The van der Waals surface area contributed by atoms with E-state index in [0.29, 0.717) is 6.42 Å². The average molecular weight is 176 g/mol. The van der Waals surface area contributed by atoms with Gasteiger partial charge < -0.3 is 20.4 Å². The number of aliphatic hydroxyl groups is 4. The first kappa shape index (κ1) is 9.92. The quantitative estimate of drug-likeness (QED) is 0.419. The zero-order chi connectivity index (χ0) is 9.52. The molecule has 4 nitrogen and oxygen atoms in total. The van der Waals surface area contributed by atoms with E-state index in [-0.39, 0.29) is 11.8 Å². The Labute approximate surface area is 71.5 Å². The Morgan fingerprint density at radius 1 is 1.25 bits per heavy atom. The summed E-state index contributed by atoms with van der Waals surface area (Å²) in [5, 5.41) is 36.1. The van der Waals surface area contributed by atoms with Gasteiger partial charge in [-0.1, -0.05) is 13.8 Å². The van der Waals surface area contributed by atoms with Crippen molar-refractivity contribution >= 4 is 0 Å². The molecule has 0 radical (unpaired) electrons. The van der Waals surface area contributed by atoms with Crippen LogP contribution in [-0.4, -0.2) is 38.4 Å². The Hall–Kier alpha value is -0.160. The zero-order valence-corrected chi connectivity index (χ0v) is 7.31. The van der Waals surface area contributed by atoms with Crippen LogP contribution >= 0.6 is 0 Å². The maximum Gasteiger partial charge on any atom is 0.181 e. The number of rotatable bonds is 3. The van der Waals surface area contributed by atoms with Gasteiger partial charge in [0.15, 0.2) is 6.29 Å². The molecule has 1 unspecified atom stereocenters. The number of hydrogen-bond donors (Lipinski definition) is 4. The second-order valence-corrected chi connectivity index (χ2v) is 3.90. The van der Waals surface area contributed by atoms with Crippen LogP contribution in [0.25, 0.3) is 0 Å². The molecule has 0 saturated heterocycles. The lowest BCUT2D eigenvalue weighted by molar-refractivity contribution is -0.170. The fraction of sp³-hybridized carbons (Fsp3) is 1.00. The summed E-state index contributed by atoms with van der Waals surface area (Å²) in [5.41, 5.74) is -1.28. The molecule has 12 heavy (non-hydrogen) atoms. The van der Waals surface area contributed by atoms with Crippen molar-refractivity contribution in [2.24, 2.45) is 11.8 Å². The van der Waals surface area contributed by atoms with Crippen LogP contribution < -0.4 is 0 Å². The third-order valence-electron chi connectivity index (χ3n) is 2.63. The zero-order valence-electron chi connectivity index (χ0n) is 7.31. The smallest absolute Gasteiger partial charge is 0.181 e. The van der Waals surface area contributed by atoms with Gasteiger partial charge in [0, 0.05) is 0 Å². The van der Waals surface area contributed by atoms with E-state index < -0.39 is 18.0 Å². The molecule has 1 aliphatic rings. The van der Waals surface area contributed by atoms with Gasteiger partial charge in [-0.15, -0.1) is 0 Å². The lowest BCUT2D eigenvalue weighted by Crippen LogP contribution is -2.40. The summed E-state index contributed by atoms with van der Waals surface area (Å²) in [5.74, 6) is 0.234. The van der Waals surface area contributed by atoms with E-state index in [9.17, 15) is 10.2 Å². The molecule has 0 spiro atoms. The van der Waals surface area contributed by atoms with Gasteiger partial charge in [-0.05, 0) is 18.3 Å². The maximum atomic E-state index is 9.63. The molecule has 1 saturated carbocycles. The second-order valence-electron chi connectivity index (χ2n) is 3.90. The van der Waals surface area contributed by atoms with E-state index in [2.05, 4.69) is 0 Å². The Balaban J connectivity index is 2.54. The van der Waals surface area contributed by atoms with E-state index >= 15 is 0 Å². The Morgan fingerprint density at radius 2 is 1.75 bits per heavy atom. The fourth-order valence-corrected chi connectivity index (χ4v) is 1.70. The molecule has 3 atom stereocenters. The fourth-order valence-electron chi connectivity index (χ4n) is 1.70.